The first-order valence-corrected chi connectivity index (χ1v) is 6.54. The third-order valence-corrected chi connectivity index (χ3v) is 3.54. The van der Waals surface area contributed by atoms with Gasteiger partial charge in [0.05, 0.1) is 0 Å². The van der Waals surface area contributed by atoms with Gasteiger partial charge in [0.15, 0.2) is 0 Å². The number of nitriles is 1. The standard InChI is InChI=1S/C11H12FN3O2S/c12-10-4-3-5-11(9(10)8-14)18(16,17)15-7-2-1-6-13/h1-5,15H,6-7,13H2/b2-1+. The lowest BCUT2D eigenvalue weighted by atomic mass is 10.2. The van der Waals surface area contributed by atoms with Crippen LogP contribution in [-0.2, 0) is 10.0 Å². The van der Waals surface area contributed by atoms with Crippen molar-refractivity contribution in [3.8, 4) is 6.07 Å². The molecule has 0 bridgehead atoms. The topological polar surface area (TPSA) is 96.0 Å². The van der Waals surface area contributed by atoms with Crippen LogP contribution in [0, 0.1) is 17.1 Å². The summed E-state index contributed by atoms with van der Waals surface area (Å²) in [6, 6.07) is 4.99. The van der Waals surface area contributed by atoms with Crippen LogP contribution in [0.2, 0.25) is 0 Å². The van der Waals surface area contributed by atoms with Gasteiger partial charge in [0.1, 0.15) is 22.3 Å². The van der Waals surface area contributed by atoms with Crippen molar-refractivity contribution < 1.29 is 12.8 Å². The lowest BCUT2D eigenvalue weighted by Crippen LogP contribution is -2.25. The summed E-state index contributed by atoms with van der Waals surface area (Å²) in [6.07, 6.45) is 3.11. The molecule has 0 aliphatic rings. The fourth-order valence-electron chi connectivity index (χ4n) is 1.25. The largest absolute Gasteiger partial charge is 0.327 e. The number of nitrogens with one attached hydrogen (secondary N) is 1. The van der Waals surface area contributed by atoms with E-state index >= 15 is 0 Å². The summed E-state index contributed by atoms with van der Waals surface area (Å²) in [5.74, 6) is -0.863. The van der Waals surface area contributed by atoms with Crippen molar-refractivity contribution in [2.45, 2.75) is 4.90 Å². The molecule has 0 saturated heterocycles. The molecule has 0 aliphatic heterocycles. The van der Waals surface area contributed by atoms with Crippen molar-refractivity contribution in [3.05, 3.63) is 41.7 Å². The van der Waals surface area contributed by atoms with Gasteiger partial charge < -0.3 is 5.73 Å². The Bertz CT molecular complexity index is 591. The highest BCUT2D eigenvalue weighted by atomic mass is 32.2. The number of hydrogen-bond donors (Lipinski definition) is 2. The molecule has 0 fully saturated rings. The van der Waals surface area contributed by atoms with E-state index < -0.39 is 21.4 Å². The van der Waals surface area contributed by atoms with E-state index in [0.717, 1.165) is 6.07 Å². The third kappa shape index (κ3) is 3.37. The first-order valence-electron chi connectivity index (χ1n) is 5.06. The van der Waals surface area contributed by atoms with Gasteiger partial charge in [-0.1, -0.05) is 18.2 Å². The van der Waals surface area contributed by atoms with E-state index in [1.165, 1.54) is 24.3 Å². The minimum Gasteiger partial charge on any atom is -0.327 e. The molecule has 1 aromatic rings. The highest BCUT2D eigenvalue weighted by molar-refractivity contribution is 7.89. The van der Waals surface area contributed by atoms with Crippen molar-refractivity contribution in [3.63, 3.8) is 0 Å². The molecule has 7 heteroatoms. The monoisotopic (exact) mass is 269 g/mol. The summed E-state index contributed by atoms with van der Waals surface area (Å²) in [7, 11) is -3.91. The second kappa shape index (κ2) is 6.26. The number of hydrogen-bond acceptors (Lipinski definition) is 4. The molecule has 0 amide bonds. The summed E-state index contributed by atoms with van der Waals surface area (Å²) in [5, 5.41) is 8.76. The Labute approximate surface area is 105 Å². The van der Waals surface area contributed by atoms with Crippen LogP contribution in [0.4, 0.5) is 4.39 Å². The van der Waals surface area contributed by atoms with Gasteiger partial charge in [-0.05, 0) is 12.1 Å². The lowest BCUT2D eigenvalue weighted by molar-refractivity contribution is 0.580. The molecule has 0 radical (unpaired) electrons. The highest BCUT2D eigenvalue weighted by Crippen LogP contribution is 2.17. The van der Waals surface area contributed by atoms with E-state index in [9.17, 15) is 12.8 Å². The van der Waals surface area contributed by atoms with E-state index in [-0.39, 0.29) is 11.4 Å². The van der Waals surface area contributed by atoms with Crippen LogP contribution in [0.15, 0.2) is 35.2 Å². The first-order chi connectivity index (χ1) is 8.53. The minimum absolute atomic E-state index is 0.0287. The second-order valence-corrected chi connectivity index (χ2v) is 5.02. The van der Waals surface area contributed by atoms with E-state index in [0.29, 0.717) is 6.54 Å². The fourth-order valence-corrected chi connectivity index (χ4v) is 2.39. The first kappa shape index (κ1) is 14.3. The molecule has 3 N–H and O–H groups in total. The zero-order valence-electron chi connectivity index (χ0n) is 9.43. The summed E-state index contributed by atoms with van der Waals surface area (Å²) < 4.78 is 39.2. The van der Waals surface area contributed by atoms with Gasteiger partial charge >= 0.3 is 0 Å². The quantitative estimate of drug-likeness (QED) is 0.760. The average molecular weight is 269 g/mol. The Kier molecular flexibility index (Phi) is 4.97. The molecule has 0 heterocycles. The molecule has 0 aliphatic carbocycles. The molecule has 5 nitrogen and oxygen atoms in total. The lowest BCUT2D eigenvalue weighted by Gasteiger charge is -2.06. The van der Waals surface area contributed by atoms with E-state index in [1.807, 2.05) is 0 Å². The molecule has 0 saturated carbocycles. The number of rotatable bonds is 5. The molecule has 1 aromatic carbocycles. The zero-order valence-corrected chi connectivity index (χ0v) is 10.2. The maximum Gasteiger partial charge on any atom is 0.242 e. The van der Waals surface area contributed by atoms with Gasteiger partial charge in [-0.3, -0.25) is 0 Å². The summed E-state index contributed by atoms with van der Waals surface area (Å²) in [6.45, 7) is 0.325. The summed E-state index contributed by atoms with van der Waals surface area (Å²) in [5.41, 5.74) is 4.71. The molecule has 1 rings (SSSR count). The summed E-state index contributed by atoms with van der Waals surface area (Å²) >= 11 is 0. The molecule has 0 unspecified atom stereocenters. The smallest absolute Gasteiger partial charge is 0.242 e. The number of benzene rings is 1. The van der Waals surface area contributed by atoms with Gasteiger partial charge in [0.2, 0.25) is 10.0 Å². The SMILES string of the molecule is N#Cc1c(F)cccc1S(=O)(=O)NC/C=C/CN. The van der Waals surface area contributed by atoms with Crippen LogP contribution >= 0.6 is 0 Å². The van der Waals surface area contributed by atoms with Crippen molar-refractivity contribution in [2.75, 3.05) is 13.1 Å². The molecule has 0 aromatic heterocycles. The predicted molar refractivity (Wildman–Crippen MR) is 64.5 cm³/mol. The molecule has 18 heavy (non-hydrogen) atoms. The normalized spacial score (nSPS) is 11.6. The van der Waals surface area contributed by atoms with Crippen LogP contribution < -0.4 is 10.5 Å². The average Bonchev–Trinajstić information content (AvgIpc) is 2.34. The number of halogens is 1. The highest BCUT2D eigenvalue weighted by Gasteiger charge is 2.20. The number of nitrogens with zero attached hydrogens (tertiary/aromatic N) is 1. The minimum atomic E-state index is -3.91. The Morgan fingerprint density at radius 2 is 2.17 bits per heavy atom. The van der Waals surface area contributed by atoms with Crippen molar-refractivity contribution >= 4 is 10.0 Å². The van der Waals surface area contributed by atoms with Gasteiger partial charge in [-0.25, -0.2) is 17.5 Å². The third-order valence-electron chi connectivity index (χ3n) is 2.07. The fraction of sp³-hybridized carbons (Fsp3) is 0.182. The maximum atomic E-state index is 13.3. The Hall–Kier alpha value is -1.75. The predicted octanol–water partition coefficient (Wildman–Crippen LogP) is 0.491. The Balaban J connectivity index is 3.03. The van der Waals surface area contributed by atoms with Crippen molar-refractivity contribution in [1.82, 2.24) is 4.72 Å². The van der Waals surface area contributed by atoms with Gasteiger partial charge in [-0.15, -0.1) is 0 Å². The van der Waals surface area contributed by atoms with Crippen LogP contribution in [0.5, 0.6) is 0 Å². The number of nitrogens with two attached hydrogens (primary N) is 1. The zero-order chi connectivity index (χ0) is 13.6. The van der Waals surface area contributed by atoms with Crippen LogP contribution in [-0.4, -0.2) is 21.5 Å². The van der Waals surface area contributed by atoms with Crippen molar-refractivity contribution in [1.29, 1.82) is 5.26 Å². The Morgan fingerprint density at radius 3 is 2.78 bits per heavy atom. The summed E-state index contributed by atoms with van der Waals surface area (Å²) in [4.78, 5) is -0.369. The Morgan fingerprint density at radius 1 is 1.44 bits per heavy atom. The number of sulfonamides is 1. The van der Waals surface area contributed by atoms with E-state index in [4.69, 9.17) is 11.0 Å². The molecule has 96 valence electrons. The van der Waals surface area contributed by atoms with E-state index in [1.54, 1.807) is 6.08 Å². The van der Waals surface area contributed by atoms with Crippen LogP contribution in [0.1, 0.15) is 5.56 Å². The molecule has 0 atom stereocenters. The maximum absolute atomic E-state index is 13.3. The molecular formula is C11H12FN3O2S. The van der Waals surface area contributed by atoms with Gasteiger partial charge in [0.25, 0.3) is 0 Å². The van der Waals surface area contributed by atoms with Crippen LogP contribution in [0.25, 0.3) is 0 Å². The van der Waals surface area contributed by atoms with Gasteiger partial charge in [0, 0.05) is 13.1 Å². The second-order valence-electron chi connectivity index (χ2n) is 3.28. The van der Waals surface area contributed by atoms with Crippen LogP contribution in [0.3, 0.4) is 0 Å². The van der Waals surface area contributed by atoms with E-state index in [2.05, 4.69) is 4.72 Å². The van der Waals surface area contributed by atoms with Gasteiger partial charge in [-0.2, -0.15) is 5.26 Å². The molecular weight excluding hydrogens is 257 g/mol. The molecule has 0 spiro atoms. The van der Waals surface area contributed by atoms with Crippen molar-refractivity contribution in [2.24, 2.45) is 5.73 Å².